The first-order valence-electron chi connectivity index (χ1n) is 9.67. The second kappa shape index (κ2) is 18.3. The molecule has 210 valence electrons. The molecule has 37 heavy (non-hydrogen) atoms. The number of ether oxygens (including phenoxy) is 6. The van der Waals surface area contributed by atoms with Crippen LogP contribution in [0.4, 0.5) is 8.78 Å². The van der Waals surface area contributed by atoms with Gasteiger partial charge in [-0.15, -0.1) is 0 Å². The van der Waals surface area contributed by atoms with Crippen molar-refractivity contribution in [1.82, 2.24) is 0 Å². The molecular weight excluding hydrogens is 691 g/mol. The van der Waals surface area contributed by atoms with Crippen LogP contribution in [0.25, 0.3) is 0 Å². The lowest BCUT2D eigenvalue weighted by atomic mass is 10.3. The first-order chi connectivity index (χ1) is 17.1. The van der Waals surface area contributed by atoms with Gasteiger partial charge in [-0.1, -0.05) is 117 Å². The van der Waals surface area contributed by atoms with Crippen molar-refractivity contribution in [3.05, 3.63) is 79.4 Å². The number of hydrogen-bond acceptors (Lipinski definition) is 6. The lowest BCUT2D eigenvalue weighted by Gasteiger charge is -2.41. The largest absolute Gasteiger partial charge is 0.481 e. The van der Waals surface area contributed by atoms with Gasteiger partial charge in [-0.25, -0.2) is 8.78 Å². The highest BCUT2D eigenvalue weighted by Gasteiger charge is 2.55. The van der Waals surface area contributed by atoms with Crippen LogP contribution in [0.3, 0.4) is 0 Å². The predicted octanol–water partition coefficient (Wildman–Crippen LogP) is 9.13. The minimum absolute atomic E-state index is 0.0981. The molecule has 0 aliphatic heterocycles. The van der Waals surface area contributed by atoms with Gasteiger partial charge in [0.05, 0.1) is 26.4 Å². The molecule has 0 aliphatic carbocycles. The third kappa shape index (κ3) is 13.7. The lowest BCUT2D eigenvalue weighted by Crippen LogP contribution is -2.54. The highest BCUT2D eigenvalue weighted by molar-refractivity contribution is 9.11. The van der Waals surface area contributed by atoms with Crippen molar-refractivity contribution in [3.63, 3.8) is 0 Å². The van der Waals surface area contributed by atoms with E-state index in [1.165, 1.54) is 6.08 Å². The van der Waals surface area contributed by atoms with E-state index in [0.29, 0.717) is 5.57 Å². The van der Waals surface area contributed by atoms with E-state index in [2.05, 4.69) is 42.2 Å². The molecule has 0 saturated heterocycles. The molecule has 0 rings (SSSR count). The number of halogens is 9. The van der Waals surface area contributed by atoms with Gasteiger partial charge in [0.25, 0.3) is 0 Å². The van der Waals surface area contributed by atoms with Crippen molar-refractivity contribution in [2.45, 2.75) is 18.9 Å². The van der Waals surface area contributed by atoms with Crippen LogP contribution >= 0.6 is 85.5 Å². The topological polar surface area (TPSA) is 55.4 Å². The van der Waals surface area contributed by atoms with Crippen LogP contribution in [-0.4, -0.2) is 45.0 Å². The number of rotatable bonds is 19. The molecule has 0 amide bonds. The fourth-order valence-corrected chi connectivity index (χ4v) is 2.82. The smallest absolute Gasteiger partial charge is 0.353 e. The maximum Gasteiger partial charge on any atom is 0.353 e. The number of hydrogen-bond donors (Lipinski definition) is 0. The maximum atomic E-state index is 15.6. The molecule has 15 heteroatoms. The second-order valence-electron chi connectivity index (χ2n) is 6.71. The summed E-state index contributed by atoms with van der Waals surface area (Å²) in [7, 11) is 0. The molecule has 0 heterocycles. The minimum atomic E-state index is -2.96. The average molecular weight is 714 g/mol. The Balaban J connectivity index is 7.32. The SMILES string of the molecule is C=C(C)COC(OCC(=C)Br)(OC(OCC=CCl)(OCC(=C)Cl)C(OCC(=C)F)=C(Cl)Cl)C(F)=C(Cl)Cl. The highest BCUT2D eigenvalue weighted by atomic mass is 79.9. The Hall–Kier alpha value is -0.140. The minimum Gasteiger partial charge on any atom is -0.481 e. The Bertz CT molecular complexity index is 917. The van der Waals surface area contributed by atoms with Gasteiger partial charge in [0.15, 0.2) is 4.49 Å². The van der Waals surface area contributed by atoms with Gasteiger partial charge in [0.1, 0.15) is 16.9 Å². The van der Waals surface area contributed by atoms with Gasteiger partial charge in [-0.2, -0.15) is 0 Å². The zero-order chi connectivity index (χ0) is 28.8. The van der Waals surface area contributed by atoms with Crippen LogP contribution in [0, 0.1) is 0 Å². The van der Waals surface area contributed by atoms with E-state index >= 15 is 4.39 Å². The van der Waals surface area contributed by atoms with E-state index in [1.54, 1.807) is 6.92 Å². The van der Waals surface area contributed by atoms with Crippen LogP contribution in [0.5, 0.6) is 0 Å². The van der Waals surface area contributed by atoms with E-state index in [0.717, 1.165) is 5.54 Å². The summed E-state index contributed by atoms with van der Waals surface area (Å²) in [4.78, 5) is 0. The van der Waals surface area contributed by atoms with Crippen LogP contribution in [0.1, 0.15) is 6.92 Å². The molecule has 0 aromatic rings. The molecule has 0 N–H and O–H groups in total. The summed E-state index contributed by atoms with van der Waals surface area (Å²) in [5.74, 6) is -8.98. The first kappa shape index (κ1) is 36.9. The normalized spacial score (nSPS) is 14.4. The van der Waals surface area contributed by atoms with E-state index in [4.69, 9.17) is 98.0 Å². The van der Waals surface area contributed by atoms with Crippen molar-refractivity contribution in [1.29, 1.82) is 0 Å². The zero-order valence-electron chi connectivity index (χ0n) is 19.4. The summed E-state index contributed by atoms with van der Waals surface area (Å²) in [5.41, 5.74) is 1.46. The molecule has 0 radical (unpaired) electrons. The zero-order valence-corrected chi connectivity index (χ0v) is 25.5. The quantitative estimate of drug-likeness (QED) is 0.0757. The predicted molar refractivity (Wildman–Crippen MR) is 148 cm³/mol. The summed E-state index contributed by atoms with van der Waals surface area (Å²) < 4.78 is 61.2. The van der Waals surface area contributed by atoms with Crippen molar-refractivity contribution >= 4 is 85.5 Å². The lowest BCUT2D eigenvalue weighted by molar-refractivity contribution is -0.483. The summed E-state index contributed by atoms with van der Waals surface area (Å²) >= 11 is 38.0. The van der Waals surface area contributed by atoms with Crippen LogP contribution in [-0.2, 0) is 28.4 Å². The second-order valence-corrected chi connectivity index (χ2v) is 10.5. The fourth-order valence-electron chi connectivity index (χ4n) is 2.01. The van der Waals surface area contributed by atoms with Crippen molar-refractivity contribution in [2.75, 3.05) is 33.0 Å². The summed E-state index contributed by atoms with van der Waals surface area (Å²) in [6.07, 6.45) is 1.27. The third-order valence-electron chi connectivity index (χ3n) is 3.33. The van der Waals surface area contributed by atoms with Crippen LogP contribution in [0.2, 0.25) is 0 Å². The van der Waals surface area contributed by atoms with Gasteiger partial charge in [-0.05, 0) is 13.0 Å². The Kier molecular flexibility index (Phi) is 18.2. The molecular formula is C22H23BrCl6F2O6. The molecule has 0 aromatic carbocycles. The molecule has 0 bridgehead atoms. The van der Waals surface area contributed by atoms with Crippen LogP contribution in [0.15, 0.2) is 79.4 Å². The molecule has 0 saturated carbocycles. The summed E-state index contributed by atoms with van der Waals surface area (Å²) in [6, 6.07) is 0. The first-order valence-corrected chi connectivity index (χ1v) is 12.8. The van der Waals surface area contributed by atoms with E-state index in [1.807, 2.05) is 0 Å². The van der Waals surface area contributed by atoms with E-state index < -0.39 is 64.8 Å². The highest BCUT2D eigenvalue weighted by Crippen LogP contribution is 2.42. The van der Waals surface area contributed by atoms with Crippen molar-refractivity contribution < 1.29 is 37.2 Å². The monoisotopic (exact) mass is 710 g/mol. The Labute approximate surface area is 252 Å². The molecule has 0 aromatic heterocycles. The molecule has 2 atom stereocenters. The van der Waals surface area contributed by atoms with Crippen molar-refractivity contribution in [2.24, 2.45) is 0 Å². The van der Waals surface area contributed by atoms with Gasteiger partial charge < -0.3 is 23.7 Å². The van der Waals surface area contributed by atoms with E-state index in [-0.39, 0.29) is 16.1 Å². The van der Waals surface area contributed by atoms with Gasteiger partial charge in [-0.3, -0.25) is 4.74 Å². The molecule has 2 unspecified atom stereocenters. The Morgan fingerprint density at radius 2 is 1.41 bits per heavy atom. The van der Waals surface area contributed by atoms with Gasteiger partial charge >= 0.3 is 11.9 Å². The molecule has 0 aliphatic rings. The van der Waals surface area contributed by atoms with Crippen molar-refractivity contribution in [3.8, 4) is 0 Å². The fraction of sp³-hybridized carbons (Fsp3) is 0.364. The maximum absolute atomic E-state index is 15.6. The molecule has 0 fully saturated rings. The van der Waals surface area contributed by atoms with Gasteiger partial charge in [0.2, 0.25) is 11.6 Å². The Morgan fingerprint density at radius 1 is 0.838 bits per heavy atom. The average Bonchev–Trinajstić information content (AvgIpc) is 2.78. The standard InChI is InChI=1S/C22H23BrCl6F2O6/c1-13(2)9-34-21(17(31)19(26)27,35-10-14(3)23)37-22(33-8-6-7-24,36-11-15(4)25)18(20(28)29)32-12-16(5)30/h6-7H,1,3-5,8-12H2,2H3. The summed E-state index contributed by atoms with van der Waals surface area (Å²) in [5, 5.41) is -0.0981. The van der Waals surface area contributed by atoms with Crippen LogP contribution < -0.4 is 0 Å². The molecule has 6 nitrogen and oxygen atoms in total. The van der Waals surface area contributed by atoms with Gasteiger partial charge in [0, 0.05) is 15.0 Å². The summed E-state index contributed by atoms with van der Waals surface area (Å²) in [6.45, 7) is 12.8. The third-order valence-corrected chi connectivity index (χ3v) is 4.52. The molecule has 0 spiro atoms. The Morgan fingerprint density at radius 3 is 1.84 bits per heavy atom. The van der Waals surface area contributed by atoms with E-state index in [9.17, 15) is 4.39 Å².